The molecule has 0 aliphatic heterocycles. The molecule has 0 unspecified atom stereocenters. The molecule has 0 radical (unpaired) electrons. The number of benzene rings is 2. The standard InChI is InChI=1S/C21H14O7/c1-11(22)15-8-12-6-7-14(10-17(12)28-20(15)23)26-21(24)18-9-13-4-3-5-16(25-2)19(13)27-18/h3-10H,1-2H3. The van der Waals surface area contributed by atoms with Crippen molar-refractivity contribution in [3.8, 4) is 11.5 Å². The fourth-order valence-electron chi connectivity index (χ4n) is 2.86. The Morgan fingerprint density at radius 2 is 1.79 bits per heavy atom. The van der Waals surface area contributed by atoms with Gasteiger partial charge < -0.3 is 18.3 Å². The van der Waals surface area contributed by atoms with Gasteiger partial charge >= 0.3 is 11.6 Å². The Bertz CT molecular complexity index is 1290. The number of para-hydroxylation sites is 1. The van der Waals surface area contributed by atoms with Gasteiger partial charge in [0.25, 0.3) is 0 Å². The molecular formula is C21H14O7. The molecule has 0 N–H and O–H groups in total. The third-order valence-corrected chi connectivity index (χ3v) is 4.23. The molecule has 0 amide bonds. The van der Waals surface area contributed by atoms with Gasteiger partial charge in [-0.2, -0.15) is 0 Å². The van der Waals surface area contributed by atoms with E-state index in [0.717, 1.165) is 0 Å². The van der Waals surface area contributed by atoms with Gasteiger partial charge in [0, 0.05) is 16.8 Å². The Labute approximate surface area is 158 Å². The van der Waals surface area contributed by atoms with Gasteiger partial charge in [-0.15, -0.1) is 0 Å². The summed E-state index contributed by atoms with van der Waals surface area (Å²) < 4.78 is 21.3. The zero-order chi connectivity index (χ0) is 19.8. The average molecular weight is 378 g/mol. The Morgan fingerprint density at radius 3 is 2.54 bits per heavy atom. The minimum absolute atomic E-state index is 0.00739. The number of Topliss-reactive ketones (excluding diaryl/α,β-unsaturated/α-hetero) is 1. The van der Waals surface area contributed by atoms with Gasteiger partial charge in [-0.05, 0) is 37.3 Å². The van der Waals surface area contributed by atoms with E-state index in [1.54, 1.807) is 30.3 Å². The predicted molar refractivity (Wildman–Crippen MR) is 100 cm³/mol. The molecule has 0 fully saturated rings. The van der Waals surface area contributed by atoms with Crippen LogP contribution in [0, 0.1) is 0 Å². The highest BCUT2D eigenvalue weighted by molar-refractivity contribution is 5.97. The number of ether oxygens (including phenoxy) is 2. The third kappa shape index (κ3) is 3.03. The first-order chi connectivity index (χ1) is 13.5. The first-order valence-electron chi connectivity index (χ1n) is 8.34. The lowest BCUT2D eigenvalue weighted by Crippen LogP contribution is -2.11. The molecular weight excluding hydrogens is 364 g/mol. The molecule has 7 nitrogen and oxygen atoms in total. The summed E-state index contributed by atoms with van der Waals surface area (Å²) in [6, 6.07) is 12.8. The van der Waals surface area contributed by atoms with Crippen molar-refractivity contribution in [3.63, 3.8) is 0 Å². The van der Waals surface area contributed by atoms with Crippen LogP contribution in [0.1, 0.15) is 27.8 Å². The summed E-state index contributed by atoms with van der Waals surface area (Å²) in [5.74, 6) is -0.409. The monoisotopic (exact) mass is 378 g/mol. The van der Waals surface area contributed by atoms with Crippen LogP contribution in [-0.2, 0) is 0 Å². The van der Waals surface area contributed by atoms with E-state index in [1.165, 1.54) is 32.2 Å². The molecule has 28 heavy (non-hydrogen) atoms. The summed E-state index contributed by atoms with van der Waals surface area (Å²) in [6.45, 7) is 1.29. The molecule has 2 heterocycles. The average Bonchev–Trinajstić information content (AvgIpc) is 3.11. The van der Waals surface area contributed by atoms with E-state index in [-0.39, 0.29) is 28.4 Å². The second kappa shape index (κ2) is 6.70. The van der Waals surface area contributed by atoms with Crippen molar-refractivity contribution < 1.29 is 27.9 Å². The van der Waals surface area contributed by atoms with E-state index in [9.17, 15) is 14.4 Å². The Morgan fingerprint density at radius 1 is 0.964 bits per heavy atom. The van der Waals surface area contributed by atoms with Crippen LogP contribution in [0.3, 0.4) is 0 Å². The van der Waals surface area contributed by atoms with Crippen molar-refractivity contribution in [2.24, 2.45) is 0 Å². The number of rotatable bonds is 4. The Balaban J connectivity index is 1.66. The molecule has 0 bridgehead atoms. The number of furan rings is 1. The first kappa shape index (κ1) is 17.5. The Hall–Kier alpha value is -3.87. The van der Waals surface area contributed by atoms with Gasteiger partial charge in [0.15, 0.2) is 17.1 Å². The molecule has 4 aromatic rings. The number of hydrogen-bond donors (Lipinski definition) is 0. The van der Waals surface area contributed by atoms with Crippen LogP contribution in [0.5, 0.6) is 11.5 Å². The van der Waals surface area contributed by atoms with Crippen LogP contribution in [0.25, 0.3) is 21.9 Å². The van der Waals surface area contributed by atoms with Gasteiger partial charge in [0.2, 0.25) is 5.76 Å². The zero-order valence-electron chi connectivity index (χ0n) is 15.0. The smallest absolute Gasteiger partial charge is 0.379 e. The summed E-state index contributed by atoms with van der Waals surface area (Å²) >= 11 is 0. The van der Waals surface area contributed by atoms with Crippen LogP contribution in [0.4, 0.5) is 0 Å². The SMILES string of the molecule is COc1cccc2cc(C(=O)Oc3ccc4cc(C(C)=O)c(=O)oc4c3)oc12. The second-order valence-electron chi connectivity index (χ2n) is 6.08. The van der Waals surface area contributed by atoms with Crippen LogP contribution in [0.15, 0.2) is 62.2 Å². The molecule has 0 saturated carbocycles. The maximum atomic E-state index is 12.4. The van der Waals surface area contributed by atoms with E-state index >= 15 is 0 Å². The van der Waals surface area contributed by atoms with Gasteiger partial charge in [0.05, 0.1) is 7.11 Å². The predicted octanol–water partition coefficient (Wildman–Crippen LogP) is 3.97. The van der Waals surface area contributed by atoms with Crippen LogP contribution in [0.2, 0.25) is 0 Å². The van der Waals surface area contributed by atoms with E-state index < -0.39 is 11.6 Å². The third-order valence-electron chi connectivity index (χ3n) is 4.23. The molecule has 0 saturated heterocycles. The fourth-order valence-corrected chi connectivity index (χ4v) is 2.86. The maximum absolute atomic E-state index is 12.4. The highest BCUT2D eigenvalue weighted by Gasteiger charge is 2.18. The number of hydrogen-bond acceptors (Lipinski definition) is 7. The molecule has 0 aliphatic rings. The lowest BCUT2D eigenvalue weighted by molar-refractivity contribution is 0.0703. The molecule has 7 heteroatoms. The first-order valence-corrected chi connectivity index (χ1v) is 8.34. The molecule has 0 spiro atoms. The molecule has 140 valence electrons. The summed E-state index contributed by atoms with van der Waals surface area (Å²) in [7, 11) is 1.51. The number of carbonyl (C=O) groups excluding carboxylic acids is 2. The van der Waals surface area contributed by atoms with Gasteiger partial charge in [0.1, 0.15) is 16.9 Å². The topological polar surface area (TPSA) is 96.0 Å². The molecule has 2 aromatic heterocycles. The molecule has 0 aliphatic carbocycles. The highest BCUT2D eigenvalue weighted by atomic mass is 16.5. The summed E-state index contributed by atoms with van der Waals surface area (Å²) in [5.41, 5.74) is -0.133. The summed E-state index contributed by atoms with van der Waals surface area (Å²) in [5, 5.41) is 1.24. The second-order valence-corrected chi connectivity index (χ2v) is 6.08. The van der Waals surface area contributed by atoms with Gasteiger partial charge in [-0.1, -0.05) is 12.1 Å². The van der Waals surface area contributed by atoms with Gasteiger partial charge in [-0.25, -0.2) is 9.59 Å². The normalized spacial score (nSPS) is 10.9. The number of ketones is 1. The van der Waals surface area contributed by atoms with Crippen molar-refractivity contribution in [1.29, 1.82) is 0 Å². The zero-order valence-corrected chi connectivity index (χ0v) is 15.0. The van der Waals surface area contributed by atoms with Crippen molar-refractivity contribution in [2.75, 3.05) is 7.11 Å². The van der Waals surface area contributed by atoms with E-state index in [1.807, 2.05) is 0 Å². The van der Waals surface area contributed by atoms with E-state index in [0.29, 0.717) is 22.1 Å². The summed E-state index contributed by atoms with van der Waals surface area (Å²) in [4.78, 5) is 35.8. The van der Waals surface area contributed by atoms with Crippen molar-refractivity contribution in [2.45, 2.75) is 6.92 Å². The lowest BCUT2D eigenvalue weighted by Gasteiger charge is -2.04. The minimum Gasteiger partial charge on any atom is -0.493 e. The van der Waals surface area contributed by atoms with Crippen molar-refractivity contribution in [3.05, 3.63) is 70.3 Å². The van der Waals surface area contributed by atoms with Crippen molar-refractivity contribution >= 4 is 33.7 Å². The minimum atomic E-state index is -0.743. The molecule has 4 rings (SSSR count). The largest absolute Gasteiger partial charge is 0.493 e. The molecule has 0 atom stereocenters. The fraction of sp³-hybridized carbons (Fsp3) is 0.0952. The van der Waals surface area contributed by atoms with Crippen LogP contribution < -0.4 is 15.1 Å². The number of carbonyl (C=O) groups is 2. The van der Waals surface area contributed by atoms with Crippen LogP contribution >= 0.6 is 0 Å². The number of methoxy groups -OCH3 is 1. The number of esters is 1. The number of fused-ring (bicyclic) bond motifs is 2. The highest BCUT2D eigenvalue weighted by Crippen LogP contribution is 2.29. The van der Waals surface area contributed by atoms with Crippen LogP contribution in [-0.4, -0.2) is 18.9 Å². The van der Waals surface area contributed by atoms with E-state index in [4.69, 9.17) is 18.3 Å². The van der Waals surface area contributed by atoms with Crippen molar-refractivity contribution in [1.82, 2.24) is 0 Å². The quantitative estimate of drug-likeness (QED) is 0.229. The van der Waals surface area contributed by atoms with E-state index in [2.05, 4.69) is 0 Å². The molecule has 2 aromatic carbocycles. The lowest BCUT2D eigenvalue weighted by atomic mass is 10.1. The summed E-state index contributed by atoms with van der Waals surface area (Å²) in [6.07, 6.45) is 0. The van der Waals surface area contributed by atoms with Gasteiger partial charge in [-0.3, -0.25) is 4.79 Å². The Kier molecular flexibility index (Phi) is 4.19. The maximum Gasteiger partial charge on any atom is 0.379 e.